The van der Waals surface area contributed by atoms with Crippen LogP contribution in [-0.4, -0.2) is 43.4 Å². The number of rotatable bonds is 10. The van der Waals surface area contributed by atoms with Crippen molar-refractivity contribution in [3.05, 3.63) is 35.4 Å². The lowest BCUT2D eigenvalue weighted by molar-refractivity contribution is 0.213. The van der Waals surface area contributed by atoms with Gasteiger partial charge in [0, 0.05) is 19.6 Å². The van der Waals surface area contributed by atoms with E-state index in [1.54, 1.807) is 0 Å². The van der Waals surface area contributed by atoms with Gasteiger partial charge < -0.3 is 9.47 Å². The third kappa shape index (κ3) is 5.42. The Kier molecular flexibility index (Phi) is 5.28. The lowest BCUT2D eigenvalue weighted by Gasteiger charge is -2.20. The van der Waals surface area contributed by atoms with Gasteiger partial charge in [-0.2, -0.15) is 0 Å². The lowest BCUT2D eigenvalue weighted by Crippen LogP contribution is -2.31. The van der Waals surface area contributed by atoms with E-state index in [0.29, 0.717) is 12.2 Å². The number of unbranched alkanes of at least 4 members (excludes halogenated alkanes) is 2. The Morgan fingerprint density at radius 1 is 1.05 bits per heavy atom. The van der Waals surface area contributed by atoms with Crippen LogP contribution >= 0.6 is 0 Å². The molecule has 2 saturated heterocycles. The van der Waals surface area contributed by atoms with Crippen LogP contribution in [0.3, 0.4) is 0 Å². The fourth-order valence-electron chi connectivity index (χ4n) is 2.85. The van der Waals surface area contributed by atoms with Gasteiger partial charge in [-0.15, -0.1) is 0 Å². The van der Waals surface area contributed by atoms with Crippen molar-refractivity contribution in [3.63, 3.8) is 0 Å². The van der Waals surface area contributed by atoms with Crippen molar-refractivity contribution in [3.8, 4) is 0 Å². The molecule has 0 N–H and O–H groups in total. The molecule has 1 aromatic carbocycles. The number of hydrogen-bond acceptors (Lipinski definition) is 3. The van der Waals surface area contributed by atoms with Crippen LogP contribution in [0.5, 0.6) is 0 Å². The Morgan fingerprint density at radius 3 is 2.33 bits per heavy atom. The molecule has 2 fully saturated rings. The maximum atomic E-state index is 5.39. The molecule has 0 bridgehead atoms. The fourth-order valence-corrected chi connectivity index (χ4v) is 2.85. The lowest BCUT2D eigenvalue weighted by atomic mass is 10.0. The standard InChI is InChI=1S/C18H27NO2/c1-2-3-4-6-15-7-5-8-16(9-15)10-19(11-17-13-20-17)12-18-14-21-18/h5,7-9,17-18H,2-4,6,10-14H2,1H3. The Balaban J connectivity index is 1.54. The van der Waals surface area contributed by atoms with Crippen molar-refractivity contribution in [1.82, 2.24) is 4.90 Å². The maximum absolute atomic E-state index is 5.39. The average Bonchev–Trinajstić information content (AvgIpc) is 3.36. The van der Waals surface area contributed by atoms with E-state index >= 15 is 0 Å². The molecule has 3 nitrogen and oxygen atoms in total. The topological polar surface area (TPSA) is 28.3 Å². The molecule has 0 spiro atoms. The molecule has 1 aromatic rings. The van der Waals surface area contributed by atoms with E-state index in [4.69, 9.17) is 9.47 Å². The Labute approximate surface area is 128 Å². The first-order valence-electron chi connectivity index (χ1n) is 8.37. The highest BCUT2D eigenvalue weighted by Gasteiger charge is 2.30. The fraction of sp³-hybridized carbons (Fsp3) is 0.667. The smallest absolute Gasteiger partial charge is 0.0936 e. The van der Waals surface area contributed by atoms with Gasteiger partial charge in [0.1, 0.15) is 0 Å². The molecule has 0 aliphatic carbocycles. The van der Waals surface area contributed by atoms with Gasteiger partial charge in [0.25, 0.3) is 0 Å². The zero-order valence-corrected chi connectivity index (χ0v) is 13.1. The predicted molar refractivity (Wildman–Crippen MR) is 84.4 cm³/mol. The van der Waals surface area contributed by atoms with Crippen molar-refractivity contribution in [2.75, 3.05) is 26.3 Å². The van der Waals surface area contributed by atoms with E-state index in [9.17, 15) is 0 Å². The van der Waals surface area contributed by atoms with Crippen LogP contribution in [0.1, 0.15) is 37.3 Å². The van der Waals surface area contributed by atoms with Crippen molar-refractivity contribution < 1.29 is 9.47 Å². The molecule has 2 heterocycles. The molecule has 2 aliphatic heterocycles. The van der Waals surface area contributed by atoms with Gasteiger partial charge in [-0.3, -0.25) is 4.90 Å². The first-order valence-corrected chi connectivity index (χ1v) is 8.37. The van der Waals surface area contributed by atoms with E-state index in [1.165, 1.54) is 36.8 Å². The van der Waals surface area contributed by atoms with Crippen molar-refractivity contribution in [2.45, 2.75) is 51.4 Å². The molecule has 2 atom stereocenters. The zero-order valence-electron chi connectivity index (χ0n) is 13.1. The number of aryl methyl sites for hydroxylation is 1. The minimum atomic E-state index is 0.455. The molecule has 0 saturated carbocycles. The number of ether oxygens (including phenoxy) is 2. The Bertz CT molecular complexity index is 427. The molecule has 116 valence electrons. The van der Waals surface area contributed by atoms with Crippen molar-refractivity contribution in [2.24, 2.45) is 0 Å². The zero-order chi connectivity index (χ0) is 14.5. The van der Waals surface area contributed by atoms with Crippen LogP contribution in [0.2, 0.25) is 0 Å². The monoisotopic (exact) mass is 289 g/mol. The summed E-state index contributed by atoms with van der Waals surface area (Å²) >= 11 is 0. The number of hydrogen-bond donors (Lipinski definition) is 0. The Hall–Kier alpha value is -0.900. The van der Waals surface area contributed by atoms with Crippen LogP contribution in [0.15, 0.2) is 24.3 Å². The van der Waals surface area contributed by atoms with Gasteiger partial charge in [0.15, 0.2) is 0 Å². The summed E-state index contributed by atoms with van der Waals surface area (Å²) in [5.74, 6) is 0. The van der Waals surface area contributed by atoms with Crippen LogP contribution < -0.4 is 0 Å². The molecule has 0 amide bonds. The van der Waals surface area contributed by atoms with Gasteiger partial charge in [-0.1, -0.05) is 44.0 Å². The van der Waals surface area contributed by atoms with Gasteiger partial charge >= 0.3 is 0 Å². The second kappa shape index (κ2) is 7.39. The van der Waals surface area contributed by atoms with Crippen molar-refractivity contribution >= 4 is 0 Å². The van der Waals surface area contributed by atoms with E-state index in [2.05, 4.69) is 36.1 Å². The SMILES string of the molecule is CCCCCc1cccc(CN(CC2CO2)CC2CO2)c1. The molecule has 2 aliphatic rings. The summed E-state index contributed by atoms with van der Waals surface area (Å²) in [6.45, 7) is 7.22. The summed E-state index contributed by atoms with van der Waals surface area (Å²) in [6, 6.07) is 9.09. The summed E-state index contributed by atoms with van der Waals surface area (Å²) in [5, 5.41) is 0. The van der Waals surface area contributed by atoms with Crippen LogP contribution in [-0.2, 0) is 22.4 Å². The minimum Gasteiger partial charge on any atom is -0.372 e. The summed E-state index contributed by atoms with van der Waals surface area (Å²) in [6.07, 6.45) is 6.03. The number of epoxide rings is 2. The highest BCUT2D eigenvalue weighted by molar-refractivity contribution is 5.23. The molecule has 0 aromatic heterocycles. The first-order chi connectivity index (χ1) is 10.3. The minimum absolute atomic E-state index is 0.455. The summed E-state index contributed by atoms with van der Waals surface area (Å²) in [5.41, 5.74) is 2.90. The van der Waals surface area contributed by atoms with Crippen LogP contribution in [0.4, 0.5) is 0 Å². The van der Waals surface area contributed by atoms with Gasteiger partial charge in [0.2, 0.25) is 0 Å². The molecular formula is C18H27NO2. The molecule has 3 rings (SSSR count). The molecule has 21 heavy (non-hydrogen) atoms. The number of nitrogens with zero attached hydrogens (tertiary/aromatic N) is 1. The largest absolute Gasteiger partial charge is 0.372 e. The van der Waals surface area contributed by atoms with Crippen LogP contribution in [0.25, 0.3) is 0 Å². The summed E-state index contributed by atoms with van der Waals surface area (Å²) < 4.78 is 10.8. The van der Waals surface area contributed by atoms with Crippen LogP contribution in [0, 0.1) is 0 Å². The van der Waals surface area contributed by atoms with E-state index in [0.717, 1.165) is 32.8 Å². The second-order valence-electron chi connectivity index (χ2n) is 6.38. The molecule has 3 heteroatoms. The summed E-state index contributed by atoms with van der Waals surface area (Å²) in [7, 11) is 0. The van der Waals surface area contributed by atoms with Gasteiger partial charge in [0.05, 0.1) is 25.4 Å². The molecule has 2 unspecified atom stereocenters. The molecule has 0 radical (unpaired) electrons. The van der Waals surface area contributed by atoms with E-state index in [-0.39, 0.29) is 0 Å². The normalized spacial score (nSPS) is 23.5. The second-order valence-corrected chi connectivity index (χ2v) is 6.38. The van der Waals surface area contributed by atoms with E-state index < -0.39 is 0 Å². The van der Waals surface area contributed by atoms with Gasteiger partial charge in [-0.25, -0.2) is 0 Å². The average molecular weight is 289 g/mol. The quantitative estimate of drug-likeness (QED) is 0.489. The highest BCUT2D eigenvalue weighted by atomic mass is 16.6. The number of benzene rings is 1. The third-order valence-corrected chi connectivity index (χ3v) is 4.19. The third-order valence-electron chi connectivity index (χ3n) is 4.19. The van der Waals surface area contributed by atoms with E-state index in [1.807, 2.05) is 0 Å². The maximum Gasteiger partial charge on any atom is 0.0936 e. The molecular weight excluding hydrogens is 262 g/mol. The van der Waals surface area contributed by atoms with Gasteiger partial charge in [-0.05, 0) is 24.0 Å². The van der Waals surface area contributed by atoms with Crippen molar-refractivity contribution in [1.29, 1.82) is 0 Å². The highest BCUT2D eigenvalue weighted by Crippen LogP contribution is 2.19. The summed E-state index contributed by atoms with van der Waals surface area (Å²) in [4.78, 5) is 2.49. The first kappa shape index (κ1) is 15.0. The predicted octanol–water partition coefficient (Wildman–Crippen LogP) is 3.02. The Morgan fingerprint density at radius 2 is 1.71 bits per heavy atom.